The second kappa shape index (κ2) is 26.8. The molecule has 4 heterocycles. The SMILES string of the molecule is c1ccc(-c2c3ccccc3c(-c3cccc(N4c5ccccc5B5c6cc7c(cc6N(c6c8ccccc8c(-c8ccccc8)c8ccccc68)c6cc(N(c8ccccc8)c8ccccc8)cc4c65)[Se]c4cc(N(c5ccccc5)c5ccccc5)cc5c4B7c4ccccc4N5c4ccccc4)c3)c3ccccc23)cc1. The van der Waals surface area contributed by atoms with E-state index >= 15 is 0 Å². The second-order valence-electron chi connectivity index (χ2n) is 30.1. The third-order valence-electron chi connectivity index (χ3n) is 23.9. The van der Waals surface area contributed by atoms with E-state index in [0.717, 1.165) is 73.8 Å². The third kappa shape index (κ3) is 10.4. The molecular formula is C106H69B2N5Se. The van der Waals surface area contributed by atoms with Crippen LogP contribution in [-0.2, 0) is 0 Å². The monoisotopic (exact) mass is 1510 g/mol. The van der Waals surface area contributed by atoms with Crippen molar-refractivity contribution in [2.24, 2.45) is 0 Å². The van der Waals surface area contributed by atoms with E-state index in [0.29, 0.717) is 0 Å². The van der Waals surface area contributed by atoms with Gasteiger partial charge in [0.1, 0.15) is 0 Å². The predicted molar refractivity (Wildman–Crippen MR) is 487 cm³/mol. The molecule has 0 aliphatic carbocycles. The normalized spacial score (nSPS) is 12.8. The first-order valence-corrected chi connectivity index (χ1v) is 41.1. The molecule has 0 atom stereocenters. The van der Waals surface area contributed by atoms with Gasteiger partial charge in [0.25, 0.3) is 0 Å². The average Bonchev–Trinajstić information content (AvgIpc) is 0.680. The zero-order valence-electron chi connectivity index (χ0n) is 62.1. The van der Waals surface area contributed by atoms with Gasteiger partial charge in [-0.15, -0.1) is 0 Å². The number of nitrogens with zero attached hydrogens (tertiary/aromatic N) is 5. The minimum atomic E-state index is -0.238. The van der Waals surface area contributed by atoms with Gasteiger partial charge in [-0.25, -0.2) is 0 Å². The summed E-state index contributed by atoms with van der Waals surface area (Å²) in [6.45, 7) is -0.350. The van der Waals surface area contributed by atoms with E-state index in [1.807, 2.05) is 0 Å². The topological polar surface area (TPSA) is 16.2 Å². The molecule has 0 amide bonds. The van der Waals surface area contributed by atoms with Crippen molar-refractivity contribution in [2.75, 3.05) is 24.5 Å². The molecule has 4 aliphatic heterocycles. The number of benzene rings is 19. The Kier molecular flexibility index (Phi) is 15.5. The Labute approximate surface area is 670 Å². The van der Waals surface area contributed by atoms with Gasteiger partial charge in [0, 0.05) is 0 Å². The molecule has 114 heavy (non-hydrogen) atoms. The van der Waals surface area contributed by atoms with Gasteiger partial charge in [-0.05, 0) is 32.7 Å². The number of hydrogen-bond acceptors (Lipinski definition) is 5. The van der Waals surface area contributed by atoms with E-state index in [1.165, 1.54) is 130 Å². The second-order valence-corrected chi connectivity index (χ2v) is 32.4. The number of hydrogen-bond donors (Lipinski definition) is 0. The summed E-state index contributed by atoms with van der Waals surface area (Å²) in [5, 5.41) is 9.62. The minimum absolute atomic E-state index is 0.112. The molecule has 0 spiro atoms. The fraction of sp³-hybridized carbons (Fsp3) is 0. The van der Waals surface area contributed by atoms with Crippen molar-refractivity contribution < 1.29 is 0 Å². The maximum Gasteiger partial charge on any atom is -0.00927 e. The molecule has 0 N–H and O–H groups in total. The summed E-state index contributed by atoms with van der Waals surface area (Å²) in [4.78, 5) is 12.9. The first-order valence-electron chi connectivity index (χ1n) is 39.4. The minimum Gasteiger partial charge on any atom is -0.0617 e. The van der Waals surface area contributed by atoms with Crippen LogP contribution in [0.1, 0.15) is 0 Å². The molecule has 8 heteroatoms. The van der Waals surface area contributed by atoms with Crippen LogP contribution in [0.2, 0.25) is 0 Å². The smallest absolute Gasteiger partial charge is 0.00927 e. The van der Waals surface area contributed by atoms with Crippen molar-refractivity contribution in [1.29, 1.82) is 0 Å². The molecule has 0 saturated carbocycles. The Hall–Kier alpha value is -14.1. The maximum atomic E-state index is 2.75. The summed E-state index contributed by atoms with van der Waals surface area (Å²) in [7, 11) is 0. The Morgan fingerprint density at radius 2 is 0.544 bits per heavy atom. The van der Waals surface area contributed by atoms with Gasteiger partial charge in [0.15, 0.2) is 0 Å². The van der Waals surface area contributed by atoms with E-state index in [2.05, 4.69) is 443 Å². The van der Waals surface area contributed by atoms with Crippen LogP contribution in [0.5, 0.6) is 0 Å². The molecule has 530 valence electrons. The van der Waals surface area contributed by atoms with E-state index in [9.17, 15) is 0 Å². The molecule has 19 aromatic rings. The van der Waals surface area contributed by atoms with Crippen molar-refractivity contribution in [3.8, 4) is 33.4 Å². The van der Waals surface area contributed by atoms with Crippen LogP contribution < -0.4 is 66.2 Å². The van der Waals surface area contributed by atoms with Gasteiger partial charge >= 0.3 is 563 Å². The van der Waals surface area contributed by atoms with Crippen molar-refractivity contribution in [1.82, 2.24) is 0 Å². The fourth-order valence-corrected chi connectivity index (χ4v) is 21.9. The molecule has 0 bridgehead atoms. The molecule has 0 unspecified atom stereocenters. The number of fused-ring (bicyclic) bond motifs is 12. The Morgan fingerprint density at radius 3 is 1.02 bits per heavy atom. The molecule has 0 aromatic heterocycles. The molecular weight excluding hydrogens is 1440 g/mol. The van der Waals surface area contributed by atoms with E-state index in [1.54, 1.807) is 0 Å². The average molecular weight is 1510 g/mol. The fourth-order valence-electron chi connectivity index (χ4n) is 19.4. The van der Waals surface area contributed by atoms with Crippen molar-refractivity contribution in [2.45, 2.75) is 0 Å². The van der Waals surface area contributed by atoms with Crippen molar-refractivity contribution >= 4 is 198 Å². The Balaban J connectivity index is 0.836. The predicted octanol–water partition coefficient (Wildman–Crippen LogP) is 22.6. The number of para-hydroxylation sites is 7. The first-order chi connectivity index (χ1) is 56.6. The zero-order chi connectivity index (χ0) is 74.9. The van der Waals surface area contributed by atoms with Crippen LogP contribution in [0.15, 0.2) is 419 Å². The largest absolute Gasteiger partial charge is 0.0617 e. The van der Waals surface area contributed by atoms with E-state index in [4.69, 9.17) is 0 Å². The molecule has 4 aliphatic rings. The summed E-state index contributed by atoms with van der Waals surface area (Å²) in [5.41, 5.74) is 31.8. The van der Waals surface area contributed by atoms with Crippen molar-refractivity contribution in [3.63, 3.8) is 0 Å². The third-order valence-corrected chi connectivity index (χ3v) is 26.3. The molecule has 19 aromatic carbocycles. The maximum absolute atomic E-state index is 2.75. The van der Waals surface area contributed by atoms with Gasteiger partial charge in [0.05, 0.1) is 0 Å². The van der Waals surface area contributed by atoms with Crippen LogP contribution in [0, 0.1) is 0 Å². The zero-order valence-corrected chi connectivity index (χ0v) is 63.8. The van der Waals surface area contributed by atoms with E-state index < -0.39 is 0 Å². The van der Waals surface area contributed by atoms with Crippen LogP contribution in [0.4, 0.5) is 85.3 Å². The molecule has 0 radical (unpaired) electrons. The van der Waals surface area contributed by atoms with Gasteiger partial charge < -0.3 is 0 Å². The summed E-state index contributed by atoms with van der Waals surface area (Å²) in [6, 6.07) is 157. The Morgan fingerprint density at radius 1 is 0.202 bits per heavy atom. The molecule has 5 nitrogen and oxygen atoms in total. The summed E-state index contributed by atoms with van der Waals surface area (Å²) < 4.78 is 2.73. The van der Waals surface area contributed by atoms with Gasteiger partial charge in [-0.1, -0.05) is 78.9 Å². The van der Waals surface area contributed by atoms with E-state index in [-0.39, 0.29) is 28.4 Å². The van der Waals surface area contributed by atoms with Crippen molar-refractivity contribution in [3.05, 3.63) is 419 Å². The summed E-state index contributed by atoms with van der Waals surface area (Å²) in [5.74, 6) is 0. The quantitative estimate of drug-likeness (QED) is 0.0892. The first kappa shape index (κ1) is 65.7. The van der Waals surface area contributed by atoms with Crippen LogP contribution in [-0.4, -0.2) is 28.4 Å². The van der Waals surface area contributed by atoms with Gasteiger partial charge in [0.2, 0.25) is 0 Å². The van der Waals surface area contributed by atoms with Crippen LogP contribution in [0.3, 0.4) is 0 Å². The number of anilines is 15. The molecule has 0 saturated heterocycles. The molecule has 23 rings (SSSR count). The number of rotatable bonds is 12. The van der Waals surface area contributed by atoms with Crippen LogP contribution in [0.25, 0.3) is 76.5 Å². The summed E-state index contributed by atoms with van der Waals surface area (Å²) >= 11 is -0.225. The standard InChI is InChI=1S/C106H69B2N5Se/c1-8-35-70(36-9-1)101-81-51-22-24-53-83(81)103(84-54-25-23-52-82(84)101)72-39-34-50-78(63-72)112-94-62-33-30-59-89(94)107-91-68-92-99(114-100-67-80(110(75-44-16-5-17-45-75)76-46-18-6-19-47-76)66-98-105(100)108(92)90-60-31-32-61-93(90)111(98)77-48-20-7-21-49-77)69-95(91)113(97-65-79(64-96(112)104(97)107)109(73-40-12-3-13-41-73)74-42-14-4-15-43-74)106-87-57-28-26-55-85(87)102(71-37-10-2-11-38-71)86-56-27-29-58-88(86)106/h1-69H. The molecule has 0 fully saturated rings. The van der Waals surface area contributed by atoms with Gasteiger partial charge in [-0.2, -0.15) is 0 Å². The van der Waals surface area contributed by atoms with Gasteiger partial charge in [-0.3, -0.25) is 0 Å². The Bertz CT molecular complexity index is 6860. The van der Waals surface area contributed by atoms with Crippen LogP contribution >= 0.6 is 0 Å². The summed E-state index contributed by atoms with van der Waals surface area (Å²) in [6.07, 6.45) is 0.